The summed E-state index contributed by atoms with van der Waals surface area (Å²) in [5, 5.41) is 0.985. The van der Waals surface area contributed by atoms with Crippen LogP contribution in [0.15, 0.2) is 24.3 Å². The van der Waals surface area contributed by atoms with Crippen LogP contribution >= 0.6 is 11.3 Å². The van der Waals surface area contributed by atoms with Crippen molar-refractivity contribution in [1.82, 2.24) is 5.43 Å². The van der Waals surface area contributed by atoms with Crippen LogP contribution in [-0.2, 0) is 0 Å². The number of rotatable bonds is 3. The highest BCUT2D eigenvalue weighted by Gasteiger charge is 2.24. The first kappa shape index (κ1) is 14.0. The molecule has 3 rings (SSSR count). The molecule has 2 nitrogen and oxygen atoms in total. The molecule has 20 heavy (non-hydrogen) atoms. The van der Waals surface area contributed by atoms with Gasteiger partial charge in [0, 0.05) is 9.58 Å². The van der Waals surface area contributed by atoms with E-state index in [1.807, 2.05) is 6.07 Å². The molecule has 0 amide bonds. The van der Waals surface area contributed by atoms with Crippen molar-refractivity contribution in [1.29, 1.82) is 0 Å². The Balaban J connectivity index is 1.89. The summed E-state index contributed by atoms with van der Waals surface area (Å²) in [6, 6.07) is 7.29. The van der Waals surface area contributed by atoms with Crippen LogP contribution < -0.4 is 11.3 Å². The maximum atomic E-state index is 13.3. The predicted octanol–water partition coefficient (Wildman–Crippen LogP) is 4.52. The molecular weight excluding hydrogens is 271 g/mol. The molecule has 3 N–H and O–H groups in total. The van der Waals surface area contributed by atoms with Crippen LogP contribution in [0.25, 0.3) is 10.1 Å². The van der Waals surface area contributed by atoms with E-state index in [0.717, 1.165) is 10.1 Å². The molecule has 108 valence electrons. The van der Waals surface area contributed by atoms with Gasteiger partial charge in [-0.05, 0) is 48.4 Å². The van der Waals surface area contributed by atoms with Crippen molar-refractivity contribution >= 4 is 21.4 Å². The molecule has 0 spiro atoms. The third kappa shape index (κ3) is 2.87. The van der Waals surface area contributed by atoms with Gasteiger partial charge in [-0.2, -0.15) is 0 Å². The molecule has 0 radical (unpaired) electrons. The lowest BCUT2D eigenvalue weighted by molar-refractivity contribution is 0.333. The van der Waals surface area contributed by atoms with E-state index in [2.05, 4.69) is 11.5 Å². The molecule has 0 aliphatic heterocycles. The minimum atomic E-state index is -0.173. The Kier molecular flexibility index (Phi) is 4.34. The van der Waals surface area contributed by atoms with E-state index < -0.39 is 0 Å². The van der Waals surface area contributed by atoms with Gasteiger partial charge in [0.2, 0.25) is 0 Å². The molecule has 1 aliphatic rings. The quantitative estimate of drug-likeness (QED) is 0.496. The van der Waals surface area contributed by atoms with E-state index >= 15 is 0 Å². The lowest BCUT2D eigenvalue weighted by Gasteiger charge is -2.24. The van der Waals surface area contributed by atoms with Gasteiger partial charge >= 0.3 is 0 Å². The van der Waals surface area contributed by atoms with Crippen molar-refractivity contribution < 1.29 is 4.39 Å². The Labute approximate surface area is 123 Å². The predicted molar refractivity (Wildman–Crippen MR) is 83.0 cm³/mol. The van der Waals surface area contributed by atoms with E-state index in [-0.39, 0.29) is 11.9 Å². The van der Waals surface area contributed by atoms with Crippen LogP contribution in [0.1, 0.15) is 49.4 Å². The number of nitrogens with two attached hydrogens (primary N) is 1. The Bertz CT molecular complexity index is 573. The molecule has 1 atom stereocenters. The minimum Gasteiger partial charge on any atom is -0.271 e. The van der Waals surface area contributed by atoms with Gasteiger partial charge in [-0.15, -0.1) is 11.3 Å². The Morgan fingerprint density at radius 2 is 1.90 bits per heavy atom. The minimum absolute atomic E-state index is 0.173. The van der Waals surface area contributed by atoms with Crippen LogP contribution in [0, 0.1) is 11.7 Å². The van der Waals surface area contributed by atoms with Crippen molar-refractivity contribution in [3.63, 3.8) is 0 Å². The molecule has 2 aromatic rings. The lowest BCUT2D eigenvalue weighted by atomic mass is 9.91. The molecule has 0 saturated heterocycles. The van der Waals surface area contributed by atoms with E-state index in [1.54, 1.807) is 17.4 Å². The highest BCUT2D eigenvalue weighted by Crippen LogP contribution is 2.38. The SMILES string of the molecule is NNC(c1cc2cc(F)ccc2s1)C1CCCCCC1. The van der Waals surface area contributed by atoms with Crippen LogP contribution in [0.4, 0.5) is 4.39 Å². The van der Waals surface area contributed by atoms with Crippen LogP contribution in [0.5, 0.6) is 0 Å². The van der Waals surface area contributed by atoms with E-state index in [1.165, 1.54) is 49.5 Å². The van der Waals surface area contributed by atoms with E-state index in [4.69, 9.17) is 5.84 Å². The average Bonchev–Trinajstić information content (AvgIpc) is 2.67. The van der Waals surface area contributed by atoms with Crippen molar-refractivity contribution in [2.75, 3.05) is 0 Å². The highest BCUT2D eigenvalue weighted by molar-refractivity contribution is 7.19. The monoisotopic (exact) mass is 292 g/mol. The van der Waals surface area contributed by atoms with Crippen LogP contribution in [-0.4, -0.2) is 0 Å². The molecule has 1 heterocycles. The molecule has 1 fully saturated rings. The second kappa shape index (κ2) is 6.20. The van der Waals surface area contributed by atoms with Crippen molar-refractivity contribution in [2.45, 2.75) is 44.6 Å². The summed E-state index contributed by atoms with van der Waals surface area (Å²) in [5.74, 6) is 6.25. The fourth-order valence-electron chi connectivity index (χ4n) is 3.28. The van der Waals surface area contributed by atoms with Crippen molar-refractivity contribution in [3.8, 4) is 0 Å². The van der Waals surface area contributed by atoms with Crippen LogP contribution in [0.2, 0.25) is 0 Å². The largest absolute Gasteiger partial charge is 0.271 e. The van der Waals surface area contributed by atoms with Crippen molar-refractivity contribution in [2.24, 2.45) is 11.8 Å². The third-order valence-electron chi connectivity index (χ3n) is 4.35. The number of hydrazine groups is 1. The van der Waals surface area contributed by atoms with Crippen LogP contribution in [0.3, 0.4) is 0 Å². The fraction of sp³-hybridized carbons (Fsp3) is 0.500. The topological polar surface area (TPSA) is 38.0 Å². The summed E-state index contributed by atoms with van der Waals surface area (Å²) in [7, 11) is 0. The summed E-state index contributed by atoms with van der Waals surface area (Å²) in [6.07, 6.45) is 7.73. The normalized spacial score (nSPS) is 19.1. The molecular formula is C16H21FN2S. The second-order valence-corrected chi connectivity index (χ2v) is 6.84. The number of benzene rings is 1. The summed E-state index contributed by atoms with van der Waals surface area (Å²) in [5.41, 5.74) is 3.01. The number of nitrogens with one attached hydrogen (secondary N) is 1. The Morgan fingerprint density at radius 1 is 1.15 bits per heavy atom. The zero-order valence-electron chi connectivity index (χ0n) is 11.6. The average molecular weight is 292 g/mol. The smallest absolute Gasteiger partial charge is 0.123 e. The summed E-state index contributed by atoms with van der Waals surface area (Å²) >= 11 is 1.73. The first-order valence-electron chi connectivity index (χ1n) is 7.43. The number of hydrogen-bond donors (Lipinski definition) is 2. The number of halogens is 1. The van der Waals surface area contributed by atoms with E-state index in [0.29, 0.717) is 5.92 Å². The fourth-order valence-corrected chi connectivity index (χ4v) is 4.48. The zero-order chi connectivity index (χ0) is 13.9. The first-order valence-corrected chi connectivity index (χ1v) is 8.24. The van der Waals surface area contributed by atoms with Gasteiger partial charge in [-0.25, -0.2) is 4.39 Å². The number of hydrogen-bond acceptors (Lipinski definition) is 3. The lowest BCUT2D eigenvalue weighted by Crippen LogP contribution is -2.32. The maximum Gasteiger partial charge on any atom is 0.123 e. The van der Waals surface area contributed by atoms with Gasteiger partial charge in [0.25, 0.3) is 0 Å². The first-order chi connectivity index (χ1) is 9.78. The van der Waals surface area contributed by atoms with Gasteiger partial charge in [-0.1, -0.05) is 25.7 Å². The Morgan fingerprint density at radius 3 is 2.60 bits per heavy atom. The third-order valence-corrected chi connectivity index (χ3v) is 5.55. The number of fused-ring (bicyclic) bond motifs is 1. The van der Waals surface area contributed by atoms with Gasteiger partial charge in [0.1, 0.15) is 5.82 Å². The highest BCUT2D eigenvalue weighted by atomic mass is 32.1. The Hall–Kier alpha value is -0.970. The molecule has 0 bridgehead atoms. The summed E-state index contributed by atoms with van der Waals surface area (Å²) in [6.45, 7) is 0. The molecule has 1 unspecified atom stereocenters. The summed E-state index contributed by atoms with van der Waals surface area (Å²) in [4.78, 5) is 1.24. The maximum absolute atomic E-state index is 13.3. The van der Waals surface area contributed by atoms with Gasteiger partial charge < -0.3 is 0 Å². The summed E-state index contributed by atoms with van der Waals surface area (Å²) < 4.78 is 14.4. The molecule has 1 aromatic heterocycles. The zero-order valence-corrected chi connectivity index (χ0v) is 12.4. The second-order valence-electron chi connectivity index (χ2n) is 5.73. The van der Waals surface area contributed by atoms with Crippen molar-refractivity contribution in [3.05, 3.63) is 35.0 Å². The molecule has 1 aromatic carbocycles. The molecule has 1 saturated carbocycles. The van der Waals surface area contributed by atoms with Gasteiger partial charge in [-0.3, -0.25) is 11.3 Å². The van der Waals surface area contributed by atoms with E-state index in [9.17, 15) is 4.39 Å². The standard InChI is InChI=1S/C16H21FN2S/c17-13-7-8-14-12(9-13)10-15(20-14)16(19-18)11-5-3-1-2-4-6-11/h7-11,16,19H,1-6,18H2. The van der Waals surface area contributed by atoms with Gasteiger partial charge in [0.15, 0.2) is 0 Å². The molecule has 4 heteroatoms. The van der Waals surface area contributed by atoms with Gasteiger partial charge in [0.05, 0.1) is 6.04 Å². The molecule has 1 aliphatic carbocycles. The number of thiophene rings is 1.